The van der Waals surface area contributed by atoms with E-state index in [2.05, 4.69) is 46.4 Å². The van der Waals surface area contributed by atoms with E-state index in [1.54, 1.807) is 0 Å². The fourth-order valence-electron chi connectivity index (χ4n) is 3.26. The van der Waals surface area contributed by atoms with Gasteiger partial charge in [0.25, 0.3) is 0 Å². The molecule has 0 saturated carbocycles. The average Bonchev–Trinajstić information content (AvgIpc) is 2.56. The summed E-state index contributed by atoms with van der Waals surface area (Å²) in [5.41, 5.74) is 1.38. The second kappa shape index (κ2) is 7.01. The summed E-state index contributed by atoms with van der Waals surface area (Å²) in [6.45, 7) is 8.08. The second-order valence-electron chi connectivity index (χ2n) is 6.02. The quantitative estimate of drug-likeness (QED) is 0.914. The Morgan fingerprint density at radius 3 is 2.90 bits per heavy atom. The summed E-state index contributed by atoms with van der Waals surface area (Å²) in [4.78, 5) is 6.75. The summed E-state index contributed by atoms with van der Waals surface area (Å²) in [5.74, 6) is 0.837. The van der Waals surface area contributed by atoms with Crippen LogP contribution >= 0.6 is 0 Å². The molecule has 0 amide bonds. The lowest BCUT2D eigenvalue weighted by Gasteiger charge is -2.31. The number of aromatic nitrogens is 1. The van der Waals surface area contributed by atoms with E-state index in [9.17, 15) is 0 Å². The van der Waals surface area contributed by atoms with Crippen molar-refractivity contribution in [3.05, 3.63) is 42.2 Å². The van der Waals surface area contributed by atoms with Gasteiger partial charge in [-0.3, -0.25) is 4.98 Å². The first-order valence-electron chi connectivity index (χ1n) is 8.11. The van der Waals surface area contributed by atoms with Crippen molar-refractivity contribution in [1.29, 1.82) is 0 Å². The lowest BCUT2D eigenvalue weighted by Crippen LogP contribution is -2.36. The van der Waals surface area contributed by atoms with Crippen LogP contribution in [0, 0.1) is 5.92 Å². The van der Waals surface area contributed by atoms with Crippen molar-refractivity contribution in [3.63, 3.8) is 0 Å². The van der Waals surface area contributed by atoms with E-state index >= 15 is 0 Å². The van der Waals surface area contributed by atoms with Crippen molar-refractivity contribution < 1.29 is 0 Å². The zero-order chi connectivity index (χ0) is 14.5. The molecule has 1 saturated heterocycles. The Hall–Kier alpha value is -1.45. The summed E-state index contributed by atoms with van der Waals surface area (Å²) in [7, 11) is 0. The predicted molar refractivity (Wildman–Crippen MR) is 88.3 cm³/mol. The van der Waals surface area contributed by atoms with Gasteiger partial charge in [0.2, 0.25) is 0 Å². The molecule has 0 aliphatic carbocycles. The van der Waals surface area contributed by atoms with Crippen LogP contribution in [0.15, 0.2) is 36.7 Å². The molecular weight excluding hydrogens is 258 g/mol. The van der Waals surface area contributed by atoms with Crippen LogP contribution < -0.4 is 5.32 Å². The zero-order valence-electron chi connectivity index (χ0n) is 12.9. The maximum absolute atomic E-state index is 4.20. The van der Waals surface area contributed by atoms with Crippen molar-refractivity contribution in [3.8, 4) is 0 Å². The van der Waals surface area contributed by atoms with E-state index in [-0.39, 0.29) is 0 Å². The number of fused-ring (bicyclic) bond motifs is 1. The molecule has 3 rings (SSSR count). The van der Waals surface area contributed by atoms with Crippen molar-refractivity contribution >= 4 is 10.8 Å². The highest BCUT2D eigenvalue weighted by molar-refractivity contribution is 5.84. The molecule has 0 spiro atoms. The molecule has 3 heteroatoms. The number of nitrogens with zero attached hydrogens (tertiary/aromatic N) is 2. The standard InChI is InChI=1S/C18H25N3/c1-2-21-10-7-15(8-11-21)12-20-14-17-5-3-4-16-13-19-9-6-18(16)17/h3-6,9,13,15,20H,2,7-8,10-12,14H2,1H3. The Morgan fingerprint density at radius 2 is 2.10 bits per heavy atom. The van der Waals surface area contributed by atoms with Gasteiger partial charge in [-0.2, -0.15) is 0 Å². The maximum Gasteiger partial charge on any atom is 0.0346 e. The fourth-order valence-corrected chi connectivity index (χ4v) is 3.26. The monoisotopic (exact) mass is 283 g/mol. The first kappa shape index (κ1) is 14.5. The van der Waals surface area contributed by atoms with E-state index < -0.39 is 0 Å². The molecular formula is C18H25N3. The summed E-state index contributed by atoms with van der Waals surface area (Å²) in [5, 5.41) is 6.21. The van der Waals surface area contributed by atoms with Gasteiger partial charge >= 0.3 is 0 Å². The number of rotatable bonds is 5. The zero-order valence-corrected chi connectivity index (χ0v) is 12.9. The Labute approximate surface area is 127 Å². The van der Waals surface area contributed by atoms with Crippen molar-refractivity contribution in [2.24, 2.45) is 5.92 Å². The van der Waals surface area contributed by atoms with Gasteiger partial charge in [0, 0.05) is 24.3 Å². The first-order chi connectivity index (χ1) is 10.4. The number of pyridine rings is 1. The normalized spacial score (nSPS) is 17.4. The third kappa shape index (κ3) is 3.60. The molecule has 3 nitrogen and oxygen atoms in total. The molecule has 0 unspecified atom stereocenters. The first-order valence-corrected chi connectivity index (χ1v) is 8.11. The van der Waals surface area contributed by atoms with Gasteiger partial charge in [-0.25, -0.2) is 0 Å². The van der Waals surface area contributed by atoms with E-state index in [1.807, 2.05) is 12.4 Å². The number of piperidine rings is 1. The SMILES string of the molecule is CCN1CCC(CNCc2cccc3cnccc23)CC1. The molecule has 2 heterocycles. The van der Waals surface area contributed by atoms with Crippen LogP contribution in [0.5, 0.6) is 0 Å². The second-order valence-corrected chi connectivity index (χ2v) is 6.02. The topological polar surface area (TPSA) is 28.2 Å². The van der Waals surface area contributed by atoms with E-state index in [0.717, 1.165) is 19.0 Å². The molecule has 0 atom stereocenters. The maximum atomic E-state index is 4.20. The smallest absolute Gasteiger partial charge is 0.0346 e. The van der Waals surface area contributed by atoms with Gasteiger partial charge in [-0.1, -0.05) is 25.1 Å². The van der Waals surface area contributed by atoms with Gasteiger partial charge in [0.05, 0.1) is 0 Å². The van der Waals surface area contributed by atoms with Gasteiger partial charge in [0.15, 0.2) is 0 Å². The average molecular weight is 283 g/mol. The Morgan fingerprint density at radius 1 is 1.24 bits per heavy atom. The van der Waals surface area contributed by atoms with Gasteiger partial charge < -0.3 is 10.2 Å². The molecule has 2 aromatic rings. The molecule has 1 aromatic heterocycles. The van der Waals surface area contributed by atoms with Crippen LogP contribution in [0.2, 0.25) is 0 Å². The summed E-state index contributed by atoms with van der Waals surface area (Å²) >= 11 is 0. The molecule has 1 N–H and O–H groups in total. The van der Waals surface area contributed by atoms with Crippen LogP contribution in [0.25, 0.3) is 10.8 Å². The number of nitrogens with one attached hydrogen (secondary N) is 1. The minimum Gasteiger partial charge on any atom is -0.312 e. The summed E-state index contributed by atoms with van der Waals surface area (Å²) in [6, 6.07) is 8.59. The van der Waals surface area contributed by atoms with Crippen LogP contribution in [0.1, 0.15) is 25.3 Å². The fraction of sp³-hybridized carbons (Fsp3) is 0.500. The van der Waals surface area contributed by atoms with Crippen molar-refractivity contribution in [1.82, 2.24) is 15.2 Å². The lowest BCUT2D eigenvalue weighted by atomic mass is 9.96. The third-order valence-corrected chi connectivity index (χ3v) is 4.67. The Bertz CT molecular complexity index is 568. The van der Waals surface area contributed by atoms with E-state index in [4.69, 9.17) is 0 Å². The van der Waals surface area contributed by atoms with Gasteiger partial charge in [0.1, 0.15) is 0 Å². The number of hydrogen-bond acceptors (Lipinski definition) is 3. The molecule has 21 heavy (non-hydrogen) atoms. The molecule has 1 aromatic carbocycles. The summed E-state index contributed by atoms with van der Waals surface area (Å²) in [6.07, 6.45) is 6.49. The van der Waals surface area contributed by atoms with Crippen LogP contribution in [0.4, 0.5) is 0 Å². The molecule has 1 aliphatic heterocycles. The lowest BCUT2D eigenvalue weighted by molar-refractivity contribution is 0.190. The highest BCUT2D eigenvalue weighted by atomic mass is 15.1. The van der Waals surface area contributed by atoms with Gasteiger partial charge in [-0.15, -0.1) is 0 Å². The predicted octanol–water partition coefficient (Wildman–Crippen LogP) is 3.06. The minimum atomic E-state index is 0.837. The molecule has 0 bridgehead atoms. The van der Waals surface area contributed by atoms with E-state index in [0.29, 0.717) is 0 Å². The molecule has 1 fully saturated rings. The van der Waals surface area contributed by atoms with Crippen LogP contribution in [-0.4, -0.2) is 36.1 Å². The van der Waals surface area contributed by atoms with Crippen molar-refractivity contribution in [2.75, 3.05) is 26.2 Å². The summed E-state index contributed by atoms with van der Waals surface area (Å²) < 4.78 is 0. The highest BCUT2D eigenvalue weighted by Gasteiger charge is 2.17. The third-order valence-electron chi connectivity index (χ3n) is 4.67. The van der Waals surface area contributed by atoms with Gasteiger partial charge in [-0.05, 0) is 62.0 Å². The minimum absolute atomic E-state index is 0.837. The van der Waals surface area contributed by atoms with Crippen LogP contribution in [0.3, 0.4) is 0 Å². The molecule has 112 valence electrons. The highest BCUT2D eigenvalue weighted by Crippen LogP contribution is 2.18. The number of hydrogen-bond donors (Lipinski definition) is 1. The largest absolute Gasteiger partial charge is 0.312 e. The van der Waals surface area contributed by atoms with Crippen LogP contribution in [-0.2, 0) is 6.54 Å². The van der Waals surface area contributed by atoms with Crippen molar-refractivity contribution in [2.45, 2.75) is 26.3 Å². The number of likely N-dealkylation sites (tertiary alicyclic amines) is 1. The Balaban J connectivity index is 1.53. The van der Waals surface area contributed by atoms with E-state index in [1.165, 1.54) is 48.8 Å². The number of benzene rings is 1. The molecule has 1 aliphatic rings. The molecule has 0 radical (unpaired) electrons. The Kier molecular flexibility index (Phi) is 4.84.